The van der Waals surface area contributed by atoms with Crippen LogP contribution in [0.1, 0.15) is 15.9 Å². The van der Waals surface area contributed by atoms with Gasteiger partial charge < -0.3 is 10.1 Å². The molecule has 1 fully saturated rings. The number of rotatable bonds is 5. The van der Waals surface area contributed by atoms with Crippen LogP contribution in [0.2, 0.25) is 0 Å². The van der Waals surface area contributed by atoms with Crippen LogP contribution >= 0.6 is 11.8 Å². The Morgan fingerprint density at radius 2 is 2.04 bits per heavy atom. The van der Waals surface area contributed by atoms with Crippen LogP contribution in [0.5, 0.6) is 5.75 Å². The molecule has 1 saturated heterocycles. The lowest BCUT2D eigenvalue weighted by atomic mass is 10.1. The summed E-state index contributed by atoms with van der Waals surface area (Å²) >= 11 is 1.98. The zero-order chi connectivity index (χ0) is 17.6. The molecule has 2 aromatic rings. The maximum Gasteiger partial charge on any atom is 0.258 e. The van der Waals surface area contributed by atoms with Crippen LogP contribution in [0.15, 0.2) is 42.5 Å². The Balaban J connectivity index is 1.68. The molecule has 0 aromatic heterocycles. The van der Waals surface area contributed by atoms with Crippen LogP contribution in [0.3, 0.4) is 0 Å². The number of carbonyl (C=O) groups excluding carboxylic acids is 1. The molecule has 1 aliphatic rings. The van der Waals surface area contributed by atoms with E-state index in [-0.39, 0.29) is 5.56 Å². The molecule has 0 atom stereocenters. The fourth-order valence-electron chi connectivity index (χ4n) is 2.77. The predicted molar refractivity (Wildman–Crippen MR) is 99.9 cm³/mol. The van der Waals surface area contributed by atoms with E-state index in [4.69, 9.17) is 4.74 Å². The summed E-state index contributed by atoms with van der Waals surface area (Å²) in [5.41, 5.74) is 1.81. The molecule has 25 heavy (non-hydrogen) atoms. The minimum atomic E-state index is -0.598. The van der Waals surface area contributed by atoms with E-state index in [0.717, 1.165) is 36.7 Å². The highest BCUT2D eigenvalue weighted by Gasteiger charge is 2.14. The van der Waals surface area contributed by atoms with Crippen LogP contribution in [0.25, 0.3) is 0 Å². The molecule has 0 saturated carbocycles. The summed E-state index contributed by atoms with van der Waals surface area (Å²) in [4.78, 5) is 14.7. The normalized spacial score (nSPS) is 15.0. The molecule has 1 N–H and O–H groups in total. The van der Waals surface area contributed by atoms with Crippen molar-refractivity contribution in [1.29, 1.82) is 0 Å². The largest absolute Gasteiger partial charge is 0.497 e. The molecule has 0 unspecified atom stereocenters. The second kappa shape index (κ2) is 8.36. The number of ether oxygens (including phenoxy) is 1. The number of anilines is 1. The molecule has 0 aliphatic carbocycles. The van der Waals surface area contributed by atoms with Gasteiger partial charge in [0.2, 0.25) is 0 Å². The quantitative estimate of drug-likeness (QED) is 0.884. The number of carbonyl (C=O) groups is 1. The number of hydrogen-bond donors (Lipinski definition) is 1. The summed E-state index contributed by atoms with van der Waals surface area (Å²) in [6.45, 7) is 3.03. The van der Waals surface area contributed by atoms with Crippen LogP contribution < -0.4 is 10.1 Å². The third kappa shape index (κ3) is 4.74. The summed E-state index contributed by atoms with van der Waals surface area (Å²) in [6, 6.07) is 11.9. The summed E-state index contributed by atoms with van der Waals surface area (Å²) < 4.78 is 19.0. The van der Waals surface area contributed by atoms with Gasteiger partial charge in [-0.05, 0) is 29.8 Å². The molecule has 6 heteroatoms. The molecule has 3 rings (SSSR count). The number of benzene rings is 2. The number of nitrogens with one attached hydrogen (secondary N) is 1. The molecule has 1 amide bonds. The third-order valence-electron chi connectivity index (χ3n) is 4.12. The van der Waals surface area contributed by atoms with Gasteiger partial charge in [-0.3, -0.25) is 9.69 Å². The van der Waals surface area contributed by atoms with E-state index in [9.17, 15) is 9.18 Å². The van der Waals surface area contributed by atoms with E-state index in [2.05, 4.69) is 10.2 Å². The summed E-state index contributed by atoms with van der Waals surface area (Å²) in [7, 11) is 1.46. The molecular weight excluding hydrogens is 339 g/mol. The molecule has 0 radical (unpaired) electrons. The monoisotopic (exact) mass is 360 g/mol. The first-order chi connectivity index (χ1) is 12.2. The number of halogens is 1. The summed E-state index contributed by atoms with van der Waals surface area (Å²) in [6.07, 6.45) is 0. The fraction of sp³-hybridized carbons (Fsp3) is 0.316. The van der Waals surface area contributed by atoms with Gasteiger partial charge >= 0.3 is 0 Å². The van der Waals surface area contributed by atoms with E-state index >= 15 is 0 Å². The molecule has 0 spiro atoms. The Hall–Kier alpha value is -2.05. The number of methoxy groups -OCH3 is 1. The Bertz CT molecular complexity index is 748. The summed E-state index contributed by atoms with van der Waals surface area (Å²) in [5, 5.41) is 2.77. The van der Waals surface area contributed by atoms with Crippen molar-refractivity contribution in [2.45, 2.75) is 6.54 Å². The first-order valence-electron chi connectivity index (χ1n) is 8.19. The first kappa shape index (κ1) is 17.8. The third-order valence-corrected chi connectivity index (χ3v) is 5.06. The van der Waals surface area contributed by atoms with Gasteiger partial charge in [0, 0.05) is 42.9 Å². The van der Waals surface area contributed by atoms with Crippen LogP contribution in [-0.2, 0) is 6.54 Å². The Morgan fingerprint density at radius 3 is 2.76 bits per heavy atom. The molecule has 132 valence electrons. The lowest BCUT2D eigenvalue weighted by Crippen LogP contribution is -2.31. The van der Waals surface area contributed by atoms with E-state index in [1.165, 1.54) is 19.2 Å². The maximum atomic E-state index is 14.0. The van der Waals surface area contributed by atoms with E-state index in [1.807, 2.05) is 36.0 Å². The number of nitrogens with zero attached hydrogens (tertiary/aromatic N) is 1. The molecule has 4 nitrogen and oxygen atoms in total. The van der Waals surface area contributed by atoms with Crippen molar-refractivity contribution in [2.75, 3.05) is 37.0 Å². The van der Waals surface area contributed by atoms with E-state index < -0.39 is 11.7 Å². The maximum absolute atomic E-state index is 14.0. The zero-order valence-corrected chi connectivity index (χ0v) is 14.9. The lowest BCUT2D eigenvalue weighted by Gasteiger charge is -2.26. The second-order valence-electron chi connectivity index (χ2n) is 5.89. The van der Waals surface area contributed by atoms with Gasteiger partial charge in [0.1, 0.15) is 11.6 Å². The highest BCUT2D eigenvalue weighted by molar-refractivity contribution is 7.99. The van der Waals surface area contributed by atoms with Crippen molar-refractivity contribution in [1.82, 2.24) is 4.90 Å². The van der Waals surface area contributed by atoms with Gasteiger partial charge in [0.05, 0.1) is 12.7 Å². The van der Waals surface area contributed by atoms with E-state index in [1.54, 1.807) is 6.07 Å². The molecule has 1 heterocycles. The topological polar surface area (TPSA) is 41.6 Å². The van der Waals surface area contributed by atoms with Gasteiger partial charge in [0.25, 0.3) is 5.91 Å². The van der Waals surface area contributed by atoms with Crippen molar-refractivity contribution in [3.8, 4) is 5.75 Å². The number of thioether (sulfide) groups is 1. The van der Waals surface area contributed by atoms with Gasteiger partial charge in [0.15, 0.2) is 0 Å². The van der Waals surface area contributed by atoms with Crippen molar-refractivity contribution >= 4 is 23.4 Å². The highest BCUT2D eigenvalue weighted by Crippen LogP contribution is 2.19. The molecular formula is C19H21FN2O2S. The number of amides is 1. The fourth-order valence-corrected chi connectivity index (χ4v) is 3.75. The van der Waals surface area contributed by atoms with Crippen molar-refractivity contribution in [3.05, 3.63) is 59.4 Å². The van der Waals surface area contributed by atoms with Gasteiger partial charge in [-0.2, -0.15) is 11.8 Å². The highest BCUT2D eigenvalue weighted by atomic mass is 32.2. The standard InChI is InChI=1S/C19H21FN2O2S/c1-24-16-5-6-17(18(20)12-16)19(23)21-15-4-2-3-14(11-15)13-22-7-9-25-10-8-22/h2-6,11-12H,7-10,13H2,1H3,(H,21,23). The summed E-state index contributed by atoms with van der Waals surface area (Å²) in [5.74, 6) is 1.64. The smallest absolute Gasteiger partial charge is 0.258 e. The molecule has 0 bridgehead atoms. The predicted octanol–water partition coefficient (Wildman–Crippen LogP) is 3.64. The average Bonchev–Trinajstić information content (AvgIpc) is 2.62. The molecule has 2 aromatic carbocycles. The van der Waals surface area contributed by atoms with Crippen molar-refractivity contribution in [3.63, 3.8) is 0 Å². The second-order valence-corrected chi connectivity index (χ2v) is 7.11. The number of hydrogen-bond acceptors (Lipinski definition) is 4. The Labute approximate surface area is 151 Å². The first-order valence-corrected chi connectivity index (χ1v) is 9.35. The van der Waals surface area contributed by atoms with Crippen molar-refractivity contribution < 1.29 is 13.9 Å². The average molecular weight is 360 g/mol. The SMILES string of the molecule is COc1ccc(C(=O)Nc2cccc(CN3CCSCC3)c2)c(F)c1. The van der Waals surface area contributed by atoms with E-state index in [0.29, 0.717) is 11.4 Å². The van der Waals surface area contributed by atoms with Gasteiger partial charge in [-0.15, -0.1) is 0 Å². The minimum Gasteiger partial charge on any atom is -0.497 e. The van der Waals surface area contributed by atoms with Crippen molar-refractivity contribution in [2.24, 2.45) is 0 Å². The molecule has 1 aliphatic heterocycles. The van der Waals surface area contributed by atoms with Crippen LogP contribution in [-0.4, -0.2) is 42.5 Å². The lowest BCUT2D eigenvalue weighted by molar-refractivity contribution is 0.102. The minimum absolute atomic E-state index is 0.000687. The van der Waals surface area contributed by atoms with Crippen LogP contribution in [0.4, 0.5) is 10.1 Å². The Morgan fingerprint density at radius 1 is 1.24 bits per heavy atom. The van der Waals surface area contributed by atoms with Gasteiger partial charge in [-0.25, -0.2) is 4.39 Å². The van der Waals surface area contributed by atoms with Gasteiger partial charge in [-0.1, -0.05) is 12.1 Å². The zero-order valence-electron chi connectivity index (χ0n) is 14.1. The Kier molecular flexibility index (Phi) is 5.94. The van der Waals surface area contributed by atoms with Crippen LogP contribution in [0, 0.1) is 5.82 Å².